The Bertz CT molecular complexity index is 1870. The topological polar surface area (TPSA) is 151 Å². The van der Waals surface area contributed by atoms with E-state index in [1.807, 2.05) is 50.6 Å². The maximum atomic E-state index is 13.5. The van der Waals surface area contributed by atoms with Crippen molar-refractivity contribution in [2.75, 3.05) is 11.9 Å². The summed E-state index contributed by atoms with van der Waals surface area (Å²) in [5.41, 5.74) is 7.05. The van der Waals surface area contributed by atoms with Gasteiger partial charge in [-0.3, -0.25) is 13.9 Å². The standard InChI is InChI=1S/C33H38N8O4S/c1-5-26-20-40(46(43,44)30-8-7-14-34-33(30)45-26)19-24-16-23(10-9-21(24)3)28(17-31(42)37-25-13-15-35-36-18-25)27-11-12-29-32(22(27)4)38-39-41(29)6-2/h7-16,18,26,28,43-44H,5-6,17,19-20H2,1-4H3,(H,35,37,42). The van der Waals surface area contributed by atoms with Crippen LogP contribution in [0, 0.1) is 13.8 Å². The number of hydrogen-bond acceptors (Lipinski definition) is 10. The Labute approximate surface area is 269 Å². The fraction of sp³-hybridized carbons (Fsp3) is 0.333. The number of carbonyl (C=O) groups excluding carboxylic acids is 1. The summed E-state index contributed by atoms with van der Waals surface area (Å²) in [4.78, 5) is 18.1. The number of anilines is 1. The summed E-state index contributed by atoms with van der Waals surface area (Å²) in [7, 11) is -3.39. The third-order valence-electron chi connectivity index (χ3n) is 8.57. The summed E-state index contributed by atoms with van der Waals surface area (Å²) in [6, 6.07) is 15.2. The molecule has 2 unspecified atom stereocenters. The molecule has 0 aliphatic carbocycles. The van der Waals surface area contributed by atoms with E-state index in [9.17, 15) is 13.9 Å². The zero-order chi connectivity index (χ0) is 32.4. The number of nitrogens with one attached hydrogen (secondary N) is 1. The van der Waals surface area contributed by atoms with E-state index in [0.717, 1.165) is 38.9 Å². The third-order valence-corrected chi connectivity index (χ3v) is 10.5. The van der Waals surface area contributed by atoms with E-state index in [1.165, 1.54) is 12.4 Å². The molecule has 3 N–H and O–H groups in total. The van der Waals surface area contributed by atoms with Crippen LogP contribution in [0.2, 0.25) is 0 Å². The molecule has 3 aromatic heterocycles. The maximum absolute atomic E-state index is 13.5. The highest BCUT2D eigenvalue weighted by molar-refractivity contribution is 8.22. The molecule has 2 atom stereocenters. The molecule has 1 aliphatic rings. The zero-order valence-corrected chi connectivity index (χ0v) is 27.1. The van der Waals surface area contributed by atoms with Crippen LogP contribution >= 0.6 is 10.8 Å². The molecule has 12 nitrogen and oxygen atoms in total. The van der Waals surface area contributed by atoms with Crippen LogP contribution in [0.25, 0.3) is 11.0 Å². The molecular formula is C33H38N8O4S. The number of hydrogen-bond donors (Lipinski definition) is 3. The van der Waals surface area contributed by atoms with Crippen LogP contribution in [0.5, 0.6) is 5.88 Å². The van der Waals surface area contributed by atoms with E-state index >= 15 is 0 Å². The van der Waals surface area contributed by atoms with Gasteiger partial charge in [0.25, 0.3) is 0 Å². The van der Waals surface area contributed by atoms with Crippen molar-refractivity contribution in [2.24, 2.45) is 0 Å². The Kier molecular flexibility index (Phi) is 9.00. The second-order valence-electron chi connectivity index (χ2n) is 11.5. The van der Waals surface area contributed by atoms with E-state index in [0.29, 0.717) is 25.2 Å². The van der Waals surface area contributed by atoms with Gasteiger partial charge in [0.2, 0.25) is 11.8 Å². The molecule has 0 fully saturated rings. The first-order valence-corrected chi connectivity index (χ1v) is 16.8. The van der Waals surface area contributed by atoms with E-state index in [-0.39, 0.29) is 41.7 Å². The van der Waals surface area contributed by atoms with Crippen molar-refractivity contribution in [3.63, 3.8) is 0 Å². The summed E-state index contributed by atoms with van der Waals surface area (Å²) in [6.07, 6.45) is 5.20. The second-order valence-corrected chi connectivity index (χ2v) is 13.5. The molecule has 0 spiro atoms. The first kappa shape index (κ1) is 31.5. The number of fused-ring (bicyclic) bond motifs is 2. The predicted octanol–water partition coefficient (Wildman–Crippen LogP) is 6.11. The molecule has 0 saturated carbocycles. The Hall–Kier alpha value is -4.43. The summed E-state index contributed by atoms with van der Waals surface area (Å²) < 4.78 is 32.8. The molecule has 6 rings (SSSR count). The smallest absolute Gasteiger partial charge is 0.239 e. The molecule has 0 bridgehead atoms. The Morgan fingerprint density at radius 1 is 1.11 bits per heavy atom. The van der Waals surface area contributed by atoms with Crippen molar-refractivity contribution in [3.8, 4) is 5.88 Å². The lowest BCUT2D eigenvalue weighted by molar-refractivity contribution is -0.116. The number of aromatic nitrogens is 6. The minimum absolute atomic E-state index is 0.156. The van der Waals surface area contributed by atoms with Crippen LogP contribution in [0.3, 0.4) is 0 Å². The number of aryl methyl sites for hydroxylation is 3. The lowest BCUT2D eigenvalue weighted by Gasteiger charge is -2.41. The third kappa shape index (κ3) is 6.18. The first-order chi connectivity index (χ1) is 22.2. The minimum Gasteiger partial charge on any atom is -0.472 e. The molecule has 1 amide bonds. The quantitative estimate of drug-likeness (QED) is 0.172. The van der Waals surface area contributed by atoms with Crippen LogP contribution in [-0.4, -0.2) is 62.1 Å². The Morgan fingerprint density at radius 2 is 1.96 bits per heavy atom. The molecule has 46 heavy (non-hydrogen) atoms. The number of pyridine rings is 1. The van der Waals surface area contributed by atoms with Gasteiger partial charge in [-0.2, -0.15) is 14.5 Å². The van der Waals surface area contributed by atoms with Crippen LogP contribution < -0.4 is 10.1 Å². The largest absolute Gasteiger partial charge is 0.472 e. The van der Waals surface area contributed by atoms with Gasteiger partial charge in [-0.05, 0) is 79.3 Å². The fourth-order valence-electron chi connectivity index (χ4n) is 5.94. The highest BCUT2D eigenvalue weighted by atomic mass is 32.3. The van der Waals surface area contributed by atoms with Crippen molar-refractivity contribution in [2.45, 2.75) is 70.5 Å². The maximum Gasteiger partial charge on any atom is 0.239 e. The van der Waals surface area contributed by atoms with Crippen molar-refractivity contribution >= 4 is 33.4 Å². The number of benzene rings is 2. The Balaban J connectivity index is 1.39. The molecule has 240 valence electrons. The highest BCUT2D eigenvalue weighted by Gasteiger charge is 2.36. The van der Waals surface area contributed by atoms with Crippen molar-refractivity contribution < 1.29 is 18.6 Å². The molecule has 2 aromatic carbocycles. The van der Waals surface area contributed by atoms with Crippen LogP contribution in [0.1, 0.15) is 60.4 Å². The minimum atomic E-state index is -3.39. The Morgan fingerprint density at radius 3 is 2.72 bits per heavy atom. The molecule has 4 heterocycles. The molecule has 0 saturated heterocycles. The normalized spacial score (nSPS) is 17.5. The van der Waals surface area contributed by atoms with Gasteiger partial charge in [-0.1, -0.05) is 36.4 Å². The van der Waals surface area contributed by atoms with E-state index in [4.69, 9.17) is 4.74 Å². The van der Waals surface area contributed by atoms with Crippen LogP contribution in [0.15, 0.2) is 72.0 Å². The van der Waals surface area contributed by atoms with Gasteiger partial charge in [0.05, 0.1) is 30.1 Å². The van der Waals surface area contributed by atoms with Gasteiger partial charge in [0, 0.05) is 31.6 Å². The van der Waals surface area contributed by atoms with Gasteiger partial charge in [0.1, 0.15) is 16.5 Å². The van der Waals surface area contributed by atoms with Crippen molar-refractivity contribution in [1.82, 2.24) is 34.5 Å². The number of rotatable bonds is 9. The molecule has 0 radical (unpaired) electrons. The van der Waals surface area contributed by atoms with Crippen molar-refractivity contribution in [1.29, 1.82) is 0 Å². The van der Waals surface area contributed by atoms with E-state index < -0.39 is 10.8 Å². The molecule has 13 heteroatoms. The van der Waals surface area contributed by atoms with E-state index in [1.54, 1.807) is 28.7 Å². The second kappa shape index (κ2) is 13.1. The average molecular weight is 643 g/mol. The van der Waals surface area contributed by atoms with Gasteiger partial charge in [-0.25, -0.2) is 9.67 Å². The van der Waals surface area contributed by atoms with Crippen LogP contribution in [0.4, 0.5) is 5.69 Å². The summed E-state index contributed by atoms with van der Waals surface area (Å²) >= 11 is 0. The summed E-state index contributed by atoms with van der Waals surface area (Å²) in [5, 5.41) is 19.4. The van der Waals surface area contributed by atoms with Gasteiger partial charge in [-0.15, -0.1) is 15.9 Å². The van der Waals surface area contributed by atoms with E-state index in [2.05, 4.69) is 42.9 Å². The monoisotopic (exact) mass is 642 g/mol. The SMILES string of the molecule is CCC1CN(Cc2cc(C(CC(=O)Nc3ccnnc3)c3ccc4c(nnn4CC)c3C)ccc2C)S(O)(O)c2cccnc2O1. The molecule has 1 aliphatic heterocycles. The average Bonchev–Trinajstić information content (AvgIpc) is 3.45. The molecule has 5 aromatic rings. The van der Waals surface area contributed by atoms with Gasteiger partial charge < -0.3 is 10.1 Å². The van der Waals surface area contributed by atoms with Gasteiger partial charge >= 0.3 is 0 Å². The predicted molar refractivity (Wildman–Crippen MR) is 177 cm³/mol. The van der Waals surface area contributed by atoms with Crippen molar-refractivity contribution in [3.05, 3.63) is 94.9 Å². The summed E-state index contributed by atoms with van der Waals surface area (Å²) in [6.45, 7) is 9.32. The number of amides is 1. The fourth-order valence-corrected chi connectivity index (χ4v) is 7.50. The lowest BCUT2D eigenvalue weighted by atomic mass is 9.84. The summed E-state index contributed by atoms with van der Waals surface area (Å²) in [5.74, 6) is -0.249. The number of ether oxygens (including phenoxy) is 1. The lowest BCUT2D eigenvalue weighted by Crippen LogP contribution is -2.34. The van der Waals surface area contributed by atoms with Gasteiger partial charge in [0.15, 0.2) is 0 Å². The number of nitrogens with zero attached hydrogens (tertiary/aromatic N) is 7. The molecular weight excluding hydrogens is 604 g/mol. The highest BCUT2D eigenvalue weighted by Crippen LogP contribution is 2.57. The first-order valence-electron chi connectivity index (χ1n) is 15.3. The van der Waals surface area contributed by atoms with Crippen LogP contribution in [-0.2, 0) is 17.9 Å². The number of carbonyl (C=O) groups is 1. The zero-order valence-electron chi connectivity index (χ0n) is 26.3.